The van der Waals surface area contributed by atoms with Gasteiger partial charge in [0, 0.05) is 23.5 Å². The summed E-state index contributed by atoms with van der Waals surface area (Å²) >= 11 is 1.79. The summed E-state index contributed by atoms with van der Waals surface area (Å²) in [5.74, 6) is 2.56. The van der Waals surface area contributed by atoms with Gasteiger partial charge in [0.05, 0.1) is 5.75 Å². The molecular formula is C14H22N2O2S. The smallest absolute Gasteiger partial charge is 0.227 e. The first-order chi connectivity index (χ1) is 8.94. The summed E-state index contributed by atoms with van der Waals surface area (Å²) in [7, 11) is 0. The van der Waals surface area contributed by atoms with E-state index in [0.29, 0.717) is 24.5 Å². The minimum Gasteiger partial charge on any atom is -0.339 e. The maximum absolute atomic E-state index is 11.8. The highest BCUT2D eigenvalue weighted by molar-refractivity contribution is 7.99. The van der Waals surface area contributed by atoms with Crippen molar-refractivity contribution in [1.82, 2.24) is 10.1 Å². The lowest BCUT2D eigenvalue weighted by Gasteiger charge is -2.18. The standard InChI is InChI=1S/C14H22N2O2S/c1-14(2,3)19-9-12-15-13(18-16-12)8-10-6-4-5-7-11(10)17/h10H,4-9H2,1-3H3. The Morgan fingerprint density at radius 2 is 2.16 bits per heavy atom. The molecule has 0 spiro atoms. The maximum atomic E-state index is 11.8. The number of nitrogens with zero attached hydrogens (tertiary/aromatic N) is 2. The Kier molecular flexibility index (Phi) is 4.66. The van der Waals surface area contributed by atoms with Gasteiger partial charge >= 0.3 is 0 Å². The van der Waals surface area contributed by atoms with E-state index in [2.05, 4.69) is 30.9 Å². The van der Waals surface area contributed by atoms with Gasteiger partial charge in [-0.25, -0.2) is 0 Å². The van der Waals surface area contributed by atoms with E-state index >= 15 is 0 Å². The molecule has 0 aliphatic heterocycles. The zero-order chi connectivity index (χ0) is 13.9. The highest BCUT2D eigenvalue weighted by Gasteiger charge is 2.24. The number of carbonyl (C=O) groups is 1. The van der Waals surface area contributed by atoms with Gasteiger partial charge in [-0.1, -0.05) is 32.3 Å². The normalized spacial score (nSPS) is 20.8. The molecule has 0 saturated heterocycles. The summed E-state index contributed by atoms with van der Waals surface area (Å²) in [4.78, 5) is 16.2. The second kappa shape index (κ2) is 6.07. The molecule has 106 valence electrons. The topological polar surface area (TPSA) is 56.0 Å². The van der Waals surface area contributed by atoms with Gasteiger partial charge in [-0.3, -0.25) is 4.79 Å². The van der Waals surface area contributed by atoms with Gasteiger partial charge in [-0.2, -0.15) is 4.98 Å². The minimum atomic E-state index is 0.0947. The van der Waals surface area contributed by atoms with Crippen LogP contribution in [-0.2, 0) is 17.0 Å². The molecular weight excluding hydrogens is 260 g/mol. The molecule has 2 rings (SSSR count). The summed E-state index contributed by atoms with van der Waals surface area (Å²) in [6, 6.07) is 0. The Morgan fingerprint density at radius 3 is 2.84 bits per heavy atom. The molecule has 1 aliphatic carbocycles. The lowest BCUT2D eigenvalue weighted by atomic mass is 9.86. The van der Waals surface area contributed by atoms with E-state index in [-0.39, 0.29) is 10.7 Å². The maximum Gasteiger partial charge on any atom is 0.227 e. The molecule has 0 amide bonds. The van der Waals surface area contributed by atoms with Crippen LogP contribution in [0.15, 0.2) is 4.52 Å². The number of ketones is 1. The zero-order valence-electron chi connectivity index (χ0n) is 11.9. The second-order valence-electron chi connectivity index (χ2n) is 6.12. The van der Waals surface area contributed by atoms with Crippen molar-refractivity contribution in [3.8, 4) is 0 Å². The van der Waals surface area contributed by atoms with Crippen LogP contribution in [0.5, 0.6) is 0 Å². The number of aromatic nitrogens is 2. The number of hydrogen-bond acceptors (Lipinski definition) is 5. The molecule has 4 nitrogen and oxygen atoms in total. The molecule has 0 bridgehead atoms. The van der Waals surface area contributed by atoms with Gasteiger partial charge in [-0.05, 0) is 12.8 Å². The number of hydrogen-bond donors (Lipinski definition) is 0. The Morgan fingerprint density at radius 1 is 1.37 bits per heavy atom. The fourth-order valence-electron chi connectivity index (χ4n) is 2.19. The van der Waals surface area contributed by atoms with Crippen molar-refractivity contribution < 1.29 is 9.32 Å². The quantitative estimate of drug-likeness (QED) is 0.847. The van der Waals surface area contributed by atoms with E-state index in [0.717, 1.165) is 30.8 Å². The molecule has 1 aliphatic rings. The Hall–Kier alpha value is -0.840. The van der Waals surface area contributed by atoms with Gasteiger partial charge in [0.1, 0.15) is 5.78 Å². The van der Waals surface area contributed by atoms with Crippen molar-refractivity contribution in [3.63, 3.8) is 0 Å². The summed E-state index contributed by atoms with van der Waals surface area (Å²) in [6.45, 7) is 6.50. The van der Waals surface area contributed by atoms with Gasteiger partial charge in [0.15, 0.2) is 5.82 Å². The van der Waals surface area contributed by atoms with E-state index in [1.165, 1.54) is 0 Å². The van der Waals surface area contributed by atoms with E-state index in [1.807, 2.05) is 0 Å². The predicted octanol–water partition coefficient (Wildman–Crippen LogP) is 3.40. The predicted molar refractivity (Wildman–Crippen MR) is 76.0 cm³/mol. The molecule has 1 fully saturated rings. The fourth-order valence-corrected chi connectivity index (χ4v) is 2.87. The highest BCUT2D eigenvalue weighted by atomic mass is 32.2. The summed E-state index contributed by atoms with van der Waals surface area (Å²) < 4.78 is 5.45. The van der Waals surface area contributed by atoms with Crippen molar-refractivity contribution in [1.29, 1.82) is 0 Å². The average molecular weight is 282 g/mol. The van der Waals surface area contributed by atoms with Crippen LogP contribution in [0.3, 0.4) is 0 Å². The molecule has 1 atom stereocenters. The first-order valence-corrected chi connectivity index (χ1v) is 7.91. The van der Waals surface area contributed by atoms with Crippen LogP contribution < -0.4 is 0 Å². The monoisotopic (exact) mass is 282 g/mol. The van der Waals surface area contributed by atoms with E-state index in [9.17, 15) is 4.79 Å². The second-order valence-corrected chi connectivity index (χ2v) is 7.92. The number of thioether (sulfide) groups is 1. The average Bonchev–Trinajstić information content (AvgIpc) is 2.77. The molecule has 1 aromatic heterocycles. The van der Waals surface area contributed by atoms with Crippen LogP contribution in [0.1, 0.15) is 58.2 Å². The first kappa shape index (κ1) is 14.6. The molecule has 0 radical (unpaired) electrons. The van der Waals surface area contributed by atoms with Gasteiger partial charge < -0.3 is 4.52 Å². The SMILES string of the molecule is CC(C)(C)SCc1noc(CC2CCCCC2=O)n1. The molecule has 1 aromatic rings. The largest absolute Gasteiger partial charge is 0.339 e. The van der Waals surface area contributed by atoms with E-state index < -0.39 is 0 Å². The molecule has 5 heteroatoms. The van der Waals surface area contributed by atoms with E-state index in [1.54, 1.807) is 11.8 Å². The number of carbonyl (C=O) groups excluding carboxylic acids is 1. The summed E-state index contributed by atoms with van der Waals surface area (Å²) in [5.41, 5.74) is 0. The fraction of sp³-hybridized carbons (Fsp3) is 0.786. The molecule has 0 N–H and O–H groups in total. The third kappa shape index (κ3) is 4.64. The van der Waals surface area contributed by atoms with Crippen molar-refractivity contribution in [3.05, 3.63) is 11.7 Å². The Balaban J connectivity index is 1.88. The first-order valence-electron chi connectivity index (χ1n) is 6.92. The summed E-state index contributed by atoms with van der Waals surface area (Å²) in [5, 5.41) is 3.99. The molecule has 1 unspecified atom stereocenters. The van der Waals surface area contributed by atoms with Crippen LogP contribution >= 0.6 is 11.8 Å². The van der Waals surface area contributed by atoms with Crippen molar-refractivity contribution in [2.24, 2.45) is 5.92 Å². The van der Waals surface area contributed by atoms with Crippen LogP contribution in [0.25, 0.3) is 0 Å². The minimum absolute atomic E-state index is 0.0947. The lowest BCUT2D eigenvalue weighted by molar-refractivity contribution is -0.124. The summed E-state index contributed by atoms with van der Waals surface area (Å²) in [6.07, 6.45) is 4.47. The van der Waals surface area contributed by atoms with Crippen molar-refractivity contribution in [2.45, 2.75) is 63.4 Å². The van der Waals surface area contributed by atoms with Crippen molar-refractivity contribution >= 4 is 17.5 Å². The third-order valence-electron chi connectivity index (χ3n) is 3.25. The molecule has 19 heavy (non-hydrogen) atoms. The molecule has 1 saturated carbocycles. The van der Waals surface area contributed by atoms with Gasteiger partial charge in [0.25, 0.3) is 0 Å². The molecule has 1 heterocycles. The van der Waals surface area contributed by atoms with Crippen LogP contribution in [0.4, 0.5) is 0 Å². The lowest BCUT2D eigenvalue weighted by Crippen LogP contribution is -2.21. The molecule has 0 aromatic carbocycles. The van der Waals surface area contributed by atoms with Gasteiger partial charge in [-0.15, -0.1) is 11.8 Å². The zero-order valence-corrected chi connectivity index (χ0v) is 12.8. The Labute approximate surface area is 118 Å². The number of Topliss-reactive ketones (excluding diaryl/α,β-unsaturated/α-hetero) is 1. The van der Waals surface area contributed by atoms with Crippen LogP contribution in [0, 0.1) is 5.92 Å². The number of rotatable bonds is 4. The Bertz CT molecular complexity index is 437. The third-order valence-corrected chi connectivity index (χ3v) is 4.52. The van der Waals surface area contributed by atoms with E-state index in [4.69, 9.17) is 4.52 Å². The van der Waals surface area contributed by atoms with Gasteiger partial charge in [0.2, 0.25) is 5.89 Å². The highest BCUT2D eigenvalue weighted by Crippen LogP contribution is 2.27. The van der Waals surface area contributed by atoms with Crippen molar-refractivity contribution in [2.75, 3.05) is 0 Å². The van der Waals surface area contributed by atoms with Crippen LogP contribution in [-0.4, -0.2) is 20.7 Å². The van der Waals surface area contributed by atoms with Crippen LogP contribution in [0.2, 0.25) is 0 Å².